The molecule has 2 aliphatic heterocycles. The van der Waals surface area contributed by atoms with Gasteiger partial charge < -0.3 is 15.5 Å². The third-order valence-corrected chi connectivity index (χ3v) is 6.41. The number of piperidine rings is 1. The van der Waals surface area contributed by atoms with Gasteiger partial charge in [-0.3, -0.25) is 14.5 Å². The van der Waals surface area contributed by atoms with Gasteiger partial charge in [0, 0.05) is 25.8 Å². The quantitative estimate of drug-likeness (QED) is 0.711. The number of carbonyl (C=O) groups is 2. The summed E-state index contributed by atoms with van der Waals surface area (Å²) in [6.07, 6.45) is 4.54. The number of fused-ring (bicyclic) bond motifs is 1. The van der Waals surface area contributed by atoms with Crippen molar-refractivity contribution in [3.05, 3.63) is 59.2 Å². The molecule has 1 unspecified atom stereocenters. The summed E-state index contributed by atoms with van der Waals surface area (Å²) in [5, 5.41) is 14.6. The van der Waals surface area contributed by atoms with Gasteiger partial charge in [-0.15, -0.1) is 0 Å². The first-order valence-electron chi connectivity index (χ1n) is 11.2. The Labute approximate surface area is 189 Å². The first kappa shape index (κ1) is 21.8. The number of nitriles is 1. The molecule has 1 fully saturated rings. The summed E-state index contributed by atoms with van der Waals surface area (Å²) in [5.41, 5.74) is 4.44. The van der Waals surface area contributed by atoms with E-state index >= 15 is 0 Å². The number of para-hydroxylation sites is 1. The molecule has 2 aromatic rings. The third-order valence-electron chi connectivity index (χ3n) is 6.41. The number of rotatable bonds is 5. The largest absolute Gasteiger partial charge is 0.374 e. The summed E-state index contributed by atoms with van der Waals surface area (Å²) < 4.78 is 0. The number of nitrogens with one attached hydrogen (secondary N) is 2. The van der Waals surface area contributed by atoms with Crippen molar-refractivity contribution in [3.8, 4) is 6.07 Å². The van der Waals surface area contributed by atoms with Crippen LogP contribution in [0.4, 0.5) is 11.4 Å². The second-order valence-electron chi connectivity index (χ2n) is 8.49. The van der Waals surface area contributed by atoms with Crippen molar-refractivity contribution in [3.63, 3.8) is 0 Å². The van der Waals surface area contributed by atoms with Crippen molar-refractivity contribution in [2.45, 2.75) is 31.7 Å². The van der Waals surface area contributed by atoms with Crippen LogP contribution in [0.5, 0.6) is 0 Å². The van der Waals surface area contributed by atoms with Gasteiger partial charge in [0.2, 0.25) is 0 Å². The molecule has 0 saturated carbocycles. The van der Waals surface area contributed by atoms with Crippen molar-refractivity contribution in [2.75, 3.05) is 43.4 Å². The van der Waals surface area contributed by atoms with Crippen LogP contribution in [0, 0.1) is 11.3 Å². The van der Waals surface area contributed by atoms with Gasteiger partial charge in [0.05, 0.1) is 17.3 Å². The predicted octanol–water partition coefficient (Wildman–Crippen LogP) is 2.83. The van der Waals surface area contributed by atoms with Crippen LogP contribution in [0.25, 0.3) is 0 Å². The van der Waals surface area contributed by atoms with Crippen molar-refractivity contribution >= 4 is 23.2 Å². The van der Waals surface area contributed by atoms with Crippen molar-refractivity contribution in [1.82, 2.24) is 10.2 Å². The first-order valence-corrected chi connectivity index (χ1v) is 11.2. The smallest absolute Gasteiger partial charge is 0.313 e. The van der Waals surface area contributed by atoms with E-state index in [1.807, 2.05) is 6.07 Å². The lowest BCUT2D eigenvalue weighted by Gasteiger charge is -2.35. The number of hydrogen-bond donors (Lipinski definition) is 2. The Bertz CT molecular complexity index is 1040. The monoisotopic (exact) mass is 431 g/mol. The van der Waals surface area contributed by atoms with Crippen LogP contribution in [-0.4, -0.2) is 49.9 Å². The molecule has 1 saturated heterocycles. The fraction of sp³-hybridized carbons (Fsp3) is 0.400. The lowest BCUT2D eigenvalue weighted by molar-refractivity contribution is -0.136. The van der Waals surface area contributed by atoms with Crippen molar-refractivity contribution in [2.24, 2.45) is 0 Å². The summed E-state index contributed by atoms with van der Waals surface area (Å²) in [5.74, 6) is -1.46. The van der Waals surface area contributed by atoms with Gasteiger partial charge in [-0.2, -0.15) is 5.26 Å². The minimum Gasteiger partial charge on any atom is -0.374 e. The standard InChI is InChI=1S/C25H29N5O2/c1-29-14-11-19-15-18(9-10-22(19)29)23(30-12-5-2-6-13-30)17-27-24(31)25(32)28-21-8-4-3-7-20(21)16-26/h3-4,7-10,15,23H,2,5-6,11-14,17H2,1H3,(H,27,31)(H,28,32). The molecular formula is C25H29N5O2. The van der Waals surface area contributed by atoms with Gasteiger partial charge in [-0.25, -0.2) is 0 Å². The van der Waals surface area contributed by atoms with Crippen LogP contribution in [0.2, 0.25) is 0 Å². The Kier molecular flexibility index (Phi) is 6.72. The van der Waals surface area contributed by atoms with Gasteiger partial charge in [0.25, 0.3) is 0 Å². The predicted molar refractivity (Wildman–Crippen MR) is 124 cm³/mol. The second-order valence-corrected chi connectivity index (χ2v) is 8.49. The van der Waals surface area contributed by atoms with Crippen LogP contribution in [0.3, 0.4) is 0 Å². The number of likely N-dealkylation sites (tertiary alicyclic amines) is 1. The zero-order chi connectivity index (χ0) is 22.5. The SMILES string of the molecule is CN1CCc2cc(C(CNC(=O)C(=O)Nc3ccccc3C#N)N3CCCCC3)ccc21. The van der Waals surface area contributed by atoms with E-state index < -0.39 is 11.8 Å². The minimum absolute atomic E-state index is 0.0228. The maximum absolute atomic E-state index is 12.6. The number of nitrogens with zero attached hydrogens (tertiary/aromatic N) is 3. The Balaban J connectivity index is 1.46. The van der Waals surface area contributed by atoms with Gasteiger partial charge >= 0.3 is 11.8 Å². The molecule has 2 amide bonds. The summed E-state index contributed by atoms with van der Waals surface area (Å²) in [7, 11) is 2.11. The number of carbonyl (C=O) groups excluding carboxylic acids is 2. The third kappa shape index (κ3) is 4.76. The average molecular weight is 432 g/mol. The molecule has 166 valence electrons. The van der Waals surface area contributed by atoms with E-state index in [-0.39, 0.29) is 6.04 Å². The fourth-order valence-electron chi connectivity index (χ4n) is 4.62. The molecule has 7 nitrogen and oxygen atoms in total. The van der Waals surface area contributed by atoms with Crippen LogP contribution < -0.4 is 15.5 Å². The first-order chi connectivity index (χ1) is 15.6. The molecule has 0 radical (unpaired) electrons. The van der Waals surface area contributed by atoms with E-state index in [2.05, 4.69) is 45.7 Å². The molecule has 7 heteroatoms. The summed E-state index contributed by atoms with van der Waals surface area (Å²) in [6.45, 7) is 3.35. The highest BCUT2D eigenvalue weighted by Crippen LogP contribution is 2.32. The Morgan fingerprint density at radius 3 is 2.62 bits per heavy atom. The normalized spacial score (nSPS) is 16.7. The molecule has 2 N–H and O–H groups in total. The van der Waals surface area contributed by atoms with Crippen LogP contribution in [0.1, 0.15) is 42.0 Å². The number of hydrogen-bond acceptors (Lipinski definition) is 5. The maximum atomic E-state index is 12.6. The van der Waals surface area contributed by atoms with Crippen LogP contribution in [-0.2, 0) is 16.0 Å². The average Bonchev–Trinajstić information content (AvgIpc) is 3.20. The number of anilines is 2. The Morgan fingerprint density at radius 1 is 1.06 bits per heavy atom. The minimum atomic E-state index is -0.763. The summed E-state index contributed by atoms with van der Waals surface area (Å²) >= 11 is 0. The van der Waals surface area contributed by atoms with Gasteiger partial charge in [0.1, 0.15) is 6.07 Å². The fourth-order valence-corrected chi connectivity index (χ4v) is 4.62. The lowest BCUT2D eigenvalue weighted by atomic mass is 9.98. The van der Waals surface area contributed by atoms with Crippen molar-refractivity contribution < 1.29 is 9.59 Å². The highest BCUT2D eigenvalue weighted by Gasteiger charge is 2.26. The van der Waals surface area contributed by atoms with E-state index in [0.717, 1.165) is 38.9 Å². The molecule has 32 heavy (non-hydrogen) atoms. The van der Waals surface area contributed by atoms with Gasteiger partial charge in [-0.1, -0.05) is 30.7 Å². The molecule has 4 rings (SSSR count). The molecular weight excluding hydrogens is 402 g/mol. The molecule has 0 aliphatic carbocycles. The Morgan fingerprint density at radius 2 is 1.84 bits per heavy atom. The molecule has 2 aliphatic rings. The van der Waals surface area contributed by atoms with E-state index in [4.69, 9.17) is 0 Å². The summed E-state index contributed by atoms with van der Waals surface area (Å²) in [6, 6.07) is 15.3. The van der Waals surface area contributed by atoms with E-state index in [1.165, 1.54) is 23.2 Å². The molecule has 0 spiro atoms. The maximum Gasteiger partial charge on any atom is 0.313 e. The summed E-state index contributed by atoms with van der Waals surface area (Å²) in [4.78, 5) is 29.7. The van der Waals surface area contributed by atoms with Crippen molar-refractivity contribution in [1.29, 1.82) is 5.26 Å². The zero-order valence-corrected chi connectivity index (χ0v) is 18.4. The lowest BCUT2D eigenvalue weighted by Crippen LogP contribution is -2.43. The van der Waals surface area contributed by atoms with Gasteiger partial charge in [-0.05, 0) is 61.7 Å². The molecule has 2 heterocycles. The number of amides is 2. The highest BCUT2D eigenvalue weighted by molar-refractivity contribution is 6.39. The highest BCUT2D eigenvalue weighted by atomic mass is 16.2. The number of benzene rings is 2. The topological polar surface area (TPSA) is 88.5 Å². The second kappa shape index (κ2) is 9.84. The Hall–Kier alpha value is -3.37. The van der Waals surface area contributed by atoms with Gasteiger partial charge in [0.15, 0.2) is 0 Å². The molecule has 1 atom stereocenters. The number of likely N-dealkylation sites (N-methyl/N-ethyl adjacent to an activating group) is 1. The van der Waals surface area contributed by atoms with E-state index in [1.54, 1.807) is 24.3 Å². The molecule has 0 bridgehead atoms. The zero-order valence-electron chi connectivity index (χ0n) is 18.4. The van der Waals surface area contributed by atoms with E-state index in [9.17, 15) is 14.9 Å². The molecule has 2 aromatic carbocycles. The molecule has 0 aromatic heterocycles. The van der Waals surface area contributed by atoms with Crippen LogP contribution >= 0.6 is 0 Å². The van der Waals surface area contributed by atoms with E-state index in [0.29, 0.717) is 17.8 Å². The van der Waals surface area contributed by atoms with Crippen LogP contribution in [0.15, 0.2) is 42.5 Å².